The summed E-state index contributed by atoms with van der Waals surface area (Å²) in [6, 6.07) is 1.90. The standard InChI is InChI=1S/C12H19N3O2/c1-5-10-6-11(14-9(3)13-10)15(4)7-8(2)12(16)17/h6,8H,5,7H2,1-4H3,(H,16,17). The van der Waals surface area contributed by atoms with Crippen LogP contribution in [0.2, 0.25) is 0 Å². The second kappa shape index (κ2) is 5.61. The highest BCUT2D eigenvalue weighted by Crippen LogP contribution is 2.13. The summed E-state index contributed by atoms with van der Waals surface area (Å²) in [5.74, 6) is 0.287. The highest BCUT2D eigenvalue weighted by molar-refractivity contribution is 5.70. The Morgan fingerprint density at radius 3 is 2.71 bits per heavy atom. The van der Waals surface area contributed by atoms with Gasteiger partial charge in [-0.05, 0) is 13.3 Å². The molecule has 1 atom stereocenters. The van der Waals surface area contributed by atoms with Crippen molar-refractivity contribution in [3.8, 4) is 0 Å². The summed E-state index contributed by atoms with van der Waals surface area (Å²) < 4.78 is 0. The SMILES string of the molecule is CCc1cc(N(C)CC(C)C(=O)O)nc(C)n1. The molecule has 0 bridgehead atoms. The maximum atomic E-state index is 10.8. The first kappa shape index (κ1) is 13.4. The summed E-state index contributed by atoms with van der Waals surface area (Å²) in [7, 11) is 1.85. The van der Waals surface area contributed by atoms with E-state index in [2.05, 4.69) is 9.97 Å². The van der Waals surface area contributed by atoms with Crippen molar-refractivity contribution in [1.29, 1.82) is 0 Å². The maximum absolute atomic E-state index is 10.8. The van der Waals surface area contributed by atoms with Crippen LogP contribution in [0.15, 0.2) is 6.07 Å². The Hall–Kier alpha value is -1.65. The Morgan fingerprint density at radius 2 is 2.18 bits per heavy atom. The van der Waals surface area contributed by atoms with E-state index in [9.17, 15) is 4.79 Å². The molecule has 1 aromatic heterocycles. The molecular formula is C12H19N3O2. The lowest BCUT2D eigenvalue weighted by Crippen LogP contribution is -2.29. The molecule has 0 aliphatic rings. The number of aryl methyl sites for hydroxylation is 2. The lowest BCUT2D eigenvalue weighted by molar-refractivity contribution is -0.140. The molecule has 0 spiro atoms. The Balaban J connectivity index is 2.84. The van der Waals surface area contributed by atoms with Gasteiger partial charge in [-0.1, -0.05) is 13.8 Å². The highest BCUT2D eigenvalue weighted by Gasteiger charge is 2.15. The molecule has 1 N–H and O–H groups in total. The molecular weight excluding hydrogens is 218 g/mol. The number of nitrogens with zero attached hydrogens (tertiary/aromatic N) is 3. The Morgan fingerprint density at radius 1 is 1.53 bits per heavy atom. The third-order valence-corrected chi connectivity index (χ3v) is 2.60. The number of anilines is 1. The van der Waals surface area contributed by atoms with Crippen LogP contribution in [0.3, 0.4) is 0 Å². The van der Waals surface area contributed by atoms with Gasteiger partial charge in [-0.15, -0.1) is 0 Å². The van der Waals surface area contributed by atoms with E-state index in [1.165, 1.54) is 0 Å². The Labute approximate surface area is 102 Å². The van der Waals surface area contributed by atoms with Crippen molar-refractivity contribution in [2.75, 3.05) is 18.5 Å². The number of rotatable bonds is 5. The van der Waals surface area contributed by atoms with Gasteiger partial charge in [0.1, 0.15) is 11.6 Å². The van der Waals surface area contributed by atoms with Gasteiger partial charge in [0, 0.05) is 25.4 Å². The van der Waals surface area contributed by atoms with Crippen molar-refractivity contribution in [3.05, 3.63) is 17.6 Å². The second-order valence-corrected chi connectivity index (χ2v) is 4.24. The topological polar surface area (TPSA) is 66.3 Å². The zero-order valence-electron chi connectivity index (χ0n) is 10.8. The van der Waals surface area contributed by atoms with Gasteiger partial charge in [0.25, 0.3) is 0 Å². The number of carboxylic acids is 1. The fourth-order valence-electron chi connectivity index (χ4n) is 1.57. The number of aliphatic carboxylic acids is 1. The van der Waals surface area contributed by atoms with Gasteiger partial charge in [0.15, 0.2) is 0 Å². The average Bonchev–Trinajstić information content (AvgIpc) is 2.27. The van der Waals surface area contributed by atoms with Crippen LogP contribution in [0.1, 0.15) is 25.4 Å². The first-order valence-corrected chi connectivity index (χ1v) is 5.72. The molecule has 0 aliphatic carbocycles. The molecule has 5 heteroatoms. The molecule has 0 saturated carbocycles. The van der Waals surface area contributed by atoms with Crippen LogP contribution in [0.4, 0.5) is 5.82 Å². The molecule has 1 unspecified atom stereocenters. The molecule has 17 heavy (non-hydrogen) atoms. The first-order valence-electron chi connectivity index (χ1n) is 5.72. The zero-order valence-corrected chi connectivity index (χ0v) is 10.8. The highest BCUT2D eigenvalue weighted by atomic mass is 16.4. The van der Waals surface area contributed by atoms with Crippen molar-refractivity contribution >= 4 is 11.8 Å². The summed E-state index contributed by atoms with van der Waals surface area (Å²) in [5.41, 5.74) is 0.974. The van der Waals surface area contributed by atoms with Gasteiger partial charge in [-0.25, -0.2) is 9.97 Å². The lowest BCUT2D eigenvalue weighted by atomic mass is 10.2. The van der Waals surface area contributed by atoms with Crippen LogP contribution in [0.5, 0.6) is 0 Å². The summed E-state index contributed by atoms with van der Waals surface area (Å²) >= 11 is 0. The van der Waals surface area contributed by atoms with E-state index in [0.29, 0.717) is 12.4 Å². The van der Waals surface area contributed by atoms with Crippen LogP contribution in [0, 0.1) is 12.8 Å². The monoisotopic (exact) mass is 237 g/mol. The smallest absolute Gasteiger partial charge is 0.308 e. The minimum atomic E-state index is -0.793. The summed E-state index contributed by atoms with van der Waals surface area (Å²) in [6.07, 6.45) is 0.846. The van der Waals surface area contributed by atoms with Gasteiger partial charge in [0.2, 0.25) is 0 Å². The van der Waals surface area contributed by atoms with E-state index >= 15 is 0 Å². The molecule has 1 heterocycles. The van der Waals surface area contributed by atoms with Crippen LogP contribution >= 0.6 is 0 Å². The number of carboxylic acid groups (broad SMARTS) is 1. The van der Waals surface area contributed by atoms with E-state index in [4.69, 9.17) is 5.11 Å². The quantitative estimate of drug-likeness (QED) is 0.840. The molecule has 5 nitrogen and oxygen atoms in total. The fraction of sp³-hybridized carbons (Fsp3) is 0.583. The molecule has 0 saturated heterocycles. The lowest BCUT2D eigenvalue weighted by Gasteiger charge is -2.21. The third kappa shape index (κ3) is 3.69. The van der Waals surface area contributed by atoms with Crippen molar-refractivity contribution in [2.45, 2.75) is 27.2 Å². The van der Waals surface area contributed by atoms with Gasteiger partial charge < -0.3 is 10.0 Å². The average molecular weight is 237 g/mol. The van der Waals surface area contributed by atoms with Gasteiger partial charge >= 0.3 is 5.97 Å². The van der Waals surface area contributed by atoms with Crippen molar-refractivity contribution < 1.29 is 9.90 Å². The van der Waals surface area contributed by atoms with Crippen molar-refractivity contribution in [2.24, 2.45) is 5.92 Å². The second-order valence-electron chi connectivity index (χ2n) is 4.24. The number of aromatic nitrogens is 2. The number of carbonyl (C=O) groups is 1. The molecule has 0 amide bonds. The molecule has 0 aromatic carbocycles. The summed E-state index contributed by atoms with van der Waals surface area (Å²) in [4.78, 5) is 21.3. The molecule has 0 aliphatic heterocycles. The van der Waals surface area contributed by atoms with Gasteiger partial charge in [0.05, 0.1) is 5.92 Å². The van der Waals surface area contributed by atoms with Crippen LogP contribution in [-0.2, 0) is 11.2 Å². The molecule has 1 aromatic rings. The number of hydrogen-bond acceptors (Lipinski definition) is 4. The van der Waals surface area contributed by atoms with Crippen molar-refractivity contribution in [1.82, 2.24) is 9.97 Å². The van der Waals surface area contributed by atoms with E-state index in [-0.39, 0.29) is 0 Å². The predicted octanol–water partition coefficient (Wildman–Crippen LogP) is 1.50. The van der Waals surface area contributed by atoms with Crippen LogP contribution in [-0.4, -0.2) is 34.6 Å². The van der Waals surface area contributed by atoms with E-state index in [1.807, 2.05) is 31.9 Å². The van der Waals surface area contributed by atoms with Gasteiger partial charge in [-0.2, -0.15) is 0 Å². The fourth-order valence-corrected chi connectivity index (χ4v) is 1.57. The van der Waals surface area contributed by atoms with E-state index in [0.717, 1.165) is 17.9 Å². The molecule has 1 rings (SSSR count). The minimum Gasteiger partial charge on any atom is -0.481 e. The first-order chi connectivity index (χ1) is 7.93. The summed E-state index contributed by atoms with van der Waals surface area (Å²) in [5, 5.41) is 8.87. The van der Waals surface area contributed by atoms with Crippen molar-refractivity contribution in [3.63, 3.8) is 0 Å². The predicted molar refractivity (Wildman–Crippen MR) is 66.2 cm³/mol. The zero-order chi connectivity index (χ0) is 13.0. The van der Waals surface area contributed by atoms with Crippen LogP contribution < -0.4 is 4.90 Å². The Kier molecular flexibility index (Phi) is 4.43. The van der Waals surface area contributed by atoms with E-state index < -0.39 is 11.9 Å². The largest absolute Gasteiger partial charge is 0.481 e. The molecule has 0 radical (unpaired) electrons. The normalized spacial score (nSPS) is 12.2. The molecule has 94 valence electrons. The van der Waals surface area contributed by atoms with Crippen LogP contribution in [0.25, 0.3) is 0 Å². The van der Waals surface area contributed by atoms with E-state index in [1.54, 1.807) is 6.92 Å². The summed E-state index contributed by atoms with van der Waals surface area (Å²) in [6.45, 7) is 6.01. The maximum Gasteiger partial charge on any atom is 0.308 e. The third-order valence-electron chi connectivity index (χ3n) is 2.60. The minimum absolute atomic E-state index is 0.416. The molecule has 0 fully saturated rings. The number of hydrogen-bond donors (Lipinski definition) is 1. The Bertz CT molecular complexity index is 407. The van der Waals surface area contributed by atoms with Gasteiger partial charge in [-0.3, -0.25) is 4.79 Å².